The fraction of sp³-hybridized carbons (Fsp3) is 0.615. The van der Waals surface area contributed by atoms with Crippen molar-refractivity contribution in [2.45, 2.75) is 26.0 Å². The van der Waals surface area contributed by atoms with Crippen LogP contribution in [0.3, 0.4) is 0 Å². The highest BCUT2D eigenvalue weighted by molar-refractivity contribution is 5.43. The molecule has 1 aliphatic heterocycles. The zero-order valence-corrected chi connectivity index (χ0v) is 10.9. The number of halogens is 1. The lowest BCUT2D eigenvalue weighted by Gasteiger charge is -2.33. The third kappa shape index (κ3) is 2.79. The van der Waals surface area contributed by atoms with E-state index in [1.54, 1.807) is 19.3 Å². The Balaban J connectivity index is 2.19. The average molecular weight is 253 g/mol. The van der Waals surface area contributed by atoms with E-state index in [1.807, 2.05) is 4.90 Å². The number of anilines is 1. The Kier molecular flexibility index (Phi) is 4.49. The van der Waals surface area contributed by atoms with E-state index in [9.17, 15) is 4.39 Å². The second kappa shape index (κ2) is 6.11. The minimum absolute atomic E-state index is 0.174. The molecule has 18 heavy (non-hydrogen) atoms. The van der Waals surface area contributed by atoms with Crippen molar-refractivity contribution in [1.29, 1.82) is 0 Å². The van der Waals surface area contributed by atoms with Crippen molar-refractivity contribution in [3.63, 3.8) is 0 Å². The Morgan fingerprint density at radius 2 is 2.44 bits per heavy atom. The van der Waals surface area contributed by atoms with Crippen molar-refractivity contribution in [2.24, 2.45) is 0 Å². The van der Waals surface area contributed by atoms with E-state index in [-0.39, 0.29) is 11.9 Å². The summed E-state index contributed by atoms with van der Waals surface area (Å²) in [6, 6.07) is 1.72. The average Bonchev–Trinajstić information content (AvgIpc) is 2.41. The molecule has 2 heterocycles. The number of hydrogen-bond donors (Lipinski definition) is 1. The van der Waals surface area contributed by atoms with Crippen molar-refractivity contribution in [2.75, 3.05) is 31.6 Å². The van der Waals surface area contributed by atoms with Gasteiger partial charge < -0.3 is 15.0 Å². The smallest absolute Gasteiger partial charge is 0.170 e. The van der Waals surface area contributed by atoms with Crippen LogP contribution in [0.15, 0.2) is 12.3 Å². The monoisotopic (exact) mass is 253 g/mol. The summed E-state index contributed by atoms with van der Waals surface area (Å²) < 4.78 is 19.9. The van der Waals surface area contributed by atoms with E-state index in [2.05, 4.69) is 17.2 Å². The number of morpholine rings is 1. The molecule has 2 rings (SSSR count). The molecule has 1 aliphatic rings. The van der Waals surface area contributed by atoms with Gasteiger partial charge in [0.05, 0.1) is 12.7 Å². The van der Waals surface area contributed by atoms with Crippen LogP contribution in [0, 0.1) is 5.82 Å². The quantitative estimate of drug-likeness (QED) is 0.883. The molecule has 1 aromatic heterocycles. The number of nitrogens with one attached hydrogen (secondary N) is 1. The molecule has 1 unspecified atom stereocenters. The van der Waals surface area contributed by atoms with Gasteiger partial charge in [0.1, 0.15) is 0 Å². The van der Waals surface area contributed by atoms with Crippen LogP contribution in [0.25, 0.3) is 0 Å². The van der Waals surface area contributed by atoms with Gasteiger partial charge in [0.25, 0.3) is 0 Å². The van der Waals surface area contributed by atoms with E-state index in [0.717, 1.165) is 6.42 Å². The van der Waals surface area contributed by atoms with Gasteiger partial charge in [-0.2, -0.15) is 0 Å². The molecule has 0 radical (unpaired) electrons. The molecule has 0 saturated carbocycles. The lowest BCUT2D eigenvalue weighted by atomic mass is 10.2. The summed E-state index contributed by atoms with van der Waals surface area (Å²) in [7, 11) is 1.81. The first-order valence-electron chi connectivity index (χ1n) is 6.40. The summed E-state index contributed by atoms with van der Waals surface area (Å²) in [4.78, 5) is 6.16. The van der Waals surface area contributed by atoms with Gasteiger partial charge >= 0.3 is 0 Å². The molecule has 0 spiro atoms. The maximum atomic E-state index is 14.3. The normalized spacial score (nSPS) is 20.2. The minimum Gasteiger partial charge on any atom is -0.375 e. The second-order valence-corrected chi connectivity index (χ2v) is 4.49. The summed E-state index contributed by atoms with van der Waals surface area (Å²) in [6.07, 6.45) is 2.78. The zero-order chi connectivity index (χ0) is 13.0. The number of ether oxygens (including phenoxy) is 1. The first-order chi connectivity index (χ1) is 8.76. The molecule has 4 nitrogen and oxygen atoms in total. The SMILES string of the molecule is CCC1CN(c2nccc(CNC)c2F)CCO1. The van der Waals surface area contributed by atoms with E-state index in [4.69, 9.17) is 4.74 Å². The number of aromatic nitrogens is 1. The summed E-state index contributed by atoms with van der Waals surface area (Å²) >= 11 is 0. The number of rotatable bonds is 4. The van der Waals surface area contributed by atoms with Crippen LogP contribution in [0.2, 0.25) is 0 Å². The van der Waals surface area contributed by atoms with Crippen molar-refractivity contribution < 1.29 is 9.13 Å². The van der Waals surface area contributed by atoms with Gasteiger partial charge in [-0.15, -0.1) is 0 Å². The van der Waals surface area contributed by atoms with Gasteiger partial charge in [0.15, 0.2) is 11.6 Å². The van der Waals surface area contributed by atoms with Crippen molar-refractivity contribution in [3.8, 4) is 0 Å². The second-order valence-electron chi connectivity index (χ2n) is 4.49. The number of nitrogens with zero attached hydrogens (tertiary/aromatic N) is 2. The molecule has 1 saturated heterocycles. The van der Waals surface area contributed by atoms with E-state index < -0.39 is 0 Å². The van der Waals surface area contributed by atoms with Crippen LogP contribution in [-0.2, 0) is 11.3 Å². The highest BCUT2D eigenvalue weighted by atomic mass is 19.1. The standard InChI is InChI=1S/C13H20FN3O/c1-3-11-9-17(6-7-18-11)13-12(14)10(8-15-2)4-5-16-13/h4-5,11,15H,3,6-9H2,1-2H3. The molecule has 1 atom stereocenters. The van der Waals surface area contributed by atoms with Gasteiger partial charge in [-0.1, -0.05) is 6.92 Å². The van der Waals surface area contributed by atoms with Crippen LogP contribution in [0.1, 0.15) is 18.9 Å². The highest BCUT2D eigenvalue weighted by Gasteiger charge is 2.23. The fourth-order valence-electron chi connectivity index (χ4n) is 2.18. The van der Waals surface area contributed by atoms with E-state index in [1.165, 1.54) is 0 Å². The van der Waals surface area contributed by atoms with E-state index in [0.29, 0.717) is 37.6 Å². The lowest BCUT2D eigenvalue weighted by Crippen LogP contribution is -2.43. The number of hydrogen-bond acceptors (Lipinski definition) is 4. The van der Waals surface area contributed by atoms with E-state index >= 15 is 0 Å². The summed E-state index contributed by atoms with van der Waals surface area (Å²) in [5.74, 6) is 0.230. The summed E-state index contributed by atoms with van der Waals surface area (Å²) in [6.45, 7) is 4.64. The predicted octanol–water partition coefficient (Wildman–Crippen LogP) is 1.56. The summed E-state index contributed by atoms with van der Waals surface area (Å²) in [5, 5.41) is 2.96. The highest BCUT2D eigenvalue weighted by Crippen LogP contribution is 2.22. The Bertz CT molecular complexity index is 400. The molecule has 1 N–H and O–H groups in total. The number of pyridine rings is 1. The van der Waals surface area contributed by atoms with Crippen molar-refractivity contribution in [1.82, 2.24) is 10.3 Å². The molecule has 5 heteroatoms. The topological polar surface area (TPSA) is 37.4 Å². The maximum absolute atomic E-state index is 14.3. The van der Waals surface area contributed by atoms with Crippen LogP contribution >= 0.6 is 0 Å². The third-order valence-corrected chi connectivity index (χ3v) is 3.21. The molecule has 0 amide bonds. The first-order valence-corrected chi connectivity index (χ1v) is 6.40. The minimum atomic E-state index is -0.219. The molecule has 0 bridgehead atoms. The third-order valence-electron chi connectivity index (χ3n) is 3.21. The lowest BCUT2D eigenvalue weighted by molar-refractivity contribution is 0.0379. The van der Waals surface area contributed by atoms with Crippen molar-refractivity contribution >= 4 is 5.82 Å². The van der Waals surface area contributed by atoms with Crippen LogP contribution in [0.5, 0.6) is 0 Å². The van der Waals surface area contributed by atoms with Crippen LogP contribution in [-0.4, -0.2) is 37.8 Å². The fourth-order valence-corrected chi connectivity index (χ4v) is 2.18. The molecule has 100 valence electrons. The Morgan fingerprint density at radius 3 is 3.17 bits per heavy atom. The largest absolute Gasteiger partial charge is 0.375 e. The van der Waals surface area contributed by atoms with Gasteiger partial charge in [0.2, 0.25) is 0 Å². The molecular weight excluding hydrogens is 233 g/mol. The van der Waals surface area contributed by atoms with Crippen LogP contribution in [0.4, 0.5) is 10.2 Å². The van der Waals surface area contributed by atoms with Gasteiger partial charge in [-0.25, -0.2) is 9.37 Å². The van der Waals surface area contributed by atoms with Gasteiger partial charge in [0, 0.05) is 31.4 Å². The van der Waals surface area contributed by atoms with Gasteiger partial charge in [-0.3, -0.25) is 0 Å². The molecule has 1 aromatic rings. The maximum Gasteiger partial charge on any atom is 0.170 e. The van der Waals surface area contributed by atoms with Crippen molar-refractivity contribution in [3.05, 3.63) is 23.6 Å². The molecule has 1 fully saturated rings. The van der Waals surface area contributed by atoms with Crippen LogP contribution < -0.4 is 10.2 Å². The summed E-state index contributed by atoms with van der Waals surface area (Å²) in [5.41, 5.74) is 0.655. The Morgan fingerprint density at radius 1 is 1.61 bits per heavy atom. The van der Waals surface area contributed by atoms with Gasteiger partial charge in [-0.05, 0) is 19.5 Å². The molecule has 0 aliphatic carbocycles. The molecular formula is C13H20FN3O. The predicted molar refractivity (Wildman–Crippen MR) is 69.2 cm³/mol. The zero-order valence-electron chi connectivity index (χ0n) is 10.9. The Labute approximate surface area is 107 Å². The molecule has 0 aromatic carbocycles. The Hall–Kier alpha value is -1.20. The first kappa shape index (κ1) is 13.2.